The molecule has 0 aliphatic carbocycles. The van der Waals surface area contributed by atoms with E-state index < -0.39 is 5.97 Å². The van der Waals surface area contributed by atoms with Crippen molar-refractivity contribution < 1.29 is 14.6 Å². The van der Waals surface area contributed by atoms with Gasteiger partial charge in [-0.3, -0.25) is 4.79 Å². The van der Waals surface area contributed by atoms with Gasteiger partial charge in [0, 0.05) is 25.1 Å². The maximum absolute atomic E-state index is 10.5. The van der Waals surface area contributed by atoms with Crippen molar-refractivity contribution in [2.24, 2.45) is 0 Å². The summed E-state index contributed by atoms with van der Waals surface area (Å²) in [7, 11) is 0. The fourth-order valence-electron chi connectivity index (χ4n) is 1.24. The minimum Gasteiger partial charge on any atom is -0.481 e. The number of carbonyl (C=O) groups is 1. The molecule has 0 radical (unpaired) electrons. The van der Waals surface area contributed by atoms with Crippen LogP contribution < -0.4 is 5.32 Å². The Morgan fingerprint density at radius 1 is 1.59 bits per heavy atom. The summed E-state index contributed by atoms with van der Waals surface area (Å²) >= 11 is 1.43. The van der Waals surface area contributed by atoms with Crippen molar-refractivity contribution in [3.05, 3.63) is 11.1 Å². The summed E-state index contributed by atoms with van der Waals surface area (Å²) in [5, 5.41) is 14.3. The van der Waals surface area contributed by atoms with E-state index in [0.717, 1.165) is 37.7 Å². The minimum atomic E-state index is -0.852. The second kappa shape index (κ2) is 8.03. The Labute approximate surface area is 105 Å². The van der Waals surface area contributed by atoms with E-state index in [1.54, 1.807) is 5.38 Å². The normalized spacial score (nSPS) is 10.4. The van der Waals surface area contributed by atoms with Gasteiger partial charge in [0.25, 0.3) is 0 Å². The topological polar surface area (TPSA) is 71.5 Å². The number of hydrogen-bond donors (Lipinski definition) is 2. The van der Waals surface area contributed by atoms with Gasteiger partial charge < -0.3 is 15.2 Å². The van der Waals surface area contributed by atoms with Crippen LogP contribution in [0.15, 0.2) is 5.38 Å². The number of anilines is 1. The van der Waals surface area contributed by atoms with Gasteiger partial charge in [0.2, 0.25) is 0 Å². The van der Waals surface area contributed by atoms with Crippen molar-refractivity contribution >= 4 is 22.4 Å². The van der Waals surface area contributed by atoms with E-state index in [1.807, 2.05) is 0 Å². The van der Waals surface area contributed by atoms with E-state index in [4.69, 9.17) is 9.84 Å². The van der Waals surface area contributed by atoms with Gasteiger partial charge in [0.15, 0.2) is 5.13 Å². The summed E-state index contributed by atoms with van der Waals surface area (Å²) in [5.41, 5.74) is 0.604. The van der Waals surface area contributed by atoms with Gasteiger partial charge in [-0.2, -0.15) is 0 Å². The highest BCUT2D eigenvalue weighted by molar-refractivity contribution is 7.13. The average molecular weight is 258 g/mol. The SMILES string of the molecule is CCCOCCCNc1nc(CC(=O)O)cs1. The number of nitrogens with zero attached hydrogens (tertiary/aromatic N) is 1. The van der Waals surface area contributed by atoms with Crippen LogP contribution in [0.4, 0.5) is 5.13 Å². The summed E-state index contributed by atoms with van der Waals surface area (Å²) in [4.78, 5) is 14.6. The summed E-state index contributed by atoms with van der Waals surface area (Å²) in [6.07, 6.45) is 1.95. The second-order valence-corrected chi connectivity index (χ2v) is 4.47. The van der Waals surface area contributed by atoms with Crippen molar-refractivity contribution in [1.29, 1.82) is 0 Å². The Bertz CT molecular complexity index is 341. The average Bonchev–Trinajstić information content (AvgIpc) is 2.70. The number of hydrogen-bond acceptors (Lipinski definition) is 5. The van der Waals surface area contributed by atoms with Crippen LogP contribution in [-0.2, 0) is 16.0 Å². The molecule has 96 valence electrons. The molecule has 1 aromatic rings. The van der Waals surface area contributed by atoms with Crippen molar-refractivity contribution in [2.45, 2.75) is 26.2 Å². The zero-order chi connectivity index (χ0) is 12.5. The predicted octanol–water partition coefficient (Wildman–Crippen LogP) is 2.00. The molecule has 1 rings (SSSR count). The zero-order valence-electron chi connectivity index (χ0n) is 9.94. The maximum Gasteiger partial charge on any atom is 0.309 e. The lowest BCUT2D eigenvalue weighted by Crippen LogP contribution is -2.06. The lowest BCUT2D eigenvalue weighted by Gasteiger charge is -2.03. The lowest BCUT2D eigenvalue weighted by molar-refractivity contribution is -0.136. The molecule has 1 aromatic heterocycles. The lowest BCUT2D eigenvalue weighted by atomic mass is 10.3. The molecule has 0 bridgehead atoms. The van der Waals surface area contributed by atoms with Gasteiger partial charge in [0.05, 0.1) is 12.1 Å². The fraction of sp³-hybridized carbons (Fsp3) is 0.636. The van der Waals surface area contributed by atoms with Crippen LogP contribution >= 0.6 is 11.3 Å². The molecule has 5 nitrogen and oxygen atoms in total. The number of carboxylic acid groups (broad SMARTS) is 1. The molecular weight excluding hydrogens is 240 g/mol. The third-order valence-corrected chi connectivity index (χ3v) is 2.82. The van der Waals surface area contributed by atoms with Crippen LogP contribution in [-0.4, -0.2) is 35.8 Å². The molecule has 0 aliphatic rings. The molecule has 1 heterocycles. The zero-order valence-corrected chi connectivity index (χ0v) is 10.8. The summed E-state index contributed by atoms with van der Waals surface area (Å²) in [6.45, 7) is 4.43. The molecule has 0 saturated heterocycles. The molecule has 17 heavy (non-hydrogen) atoms. The summed E-state index contributed by atoms with van der Waals surface area (Å²) < 4.78 is 5.34. The van der Waals surface area contributed by atoms with Crippen LogP contribution in [0.5, 0.6) is 0 Å². The second-order valence-electron chi connectivity index (χ2n) is 3.61. The number of nitrogens with one attached hydrogen (secondary N) is 1. The highest BCUT2D eigenvalue weighted by Gasteiger charge is 2.05. The van der Waals surface area contributed by atoms with Gasteiger partial charge >= 0.3 is 5.97 Å². The highest BCUT2D eigenvalue weighted by atomic mass is 32.1. The van der Waals surface area contributed by atoms with Crippen molar-refractivity contribution in [3.8, 4) is 0 Å². The number of carboxylic acids is 1. The van der Waals surface area contributed by atoms with Gasteiger partial charge in [-0.1, -0.05) is 6.92 Å². The molecular formula is C11H18N2O3S. The number of rotatable bonds is 9. The van der Waals surface area contributed by atoms with E-state index >= 15 is 0 Å². The van der Waals surface area contributed by atoms with Gasteiger partial charge in [-0.25, -0.2) is 4.98 Å². The number of ether oxygens (including phenoxy) is 1. The van der Waals surface area contributed by atoms with Crippen LogP contribution in [0.2, 0.25) is 0 Å². The minimum absolute atomic E-state index is 0.0161. The van der Waals surface area contributed by atoms with Gasteiger partial charge in [-0.05, 0) is 12.8 Å². The molecule has 6 heteroatoms. The monoisotopic (exact) mass is 258 g/mol. The van der Waals surface area contributed by atoms with E-state index in [-0.39, 0.29) is 6.42 Å². The summed E-state index contributed by atoms with van der Waals surface area (Å²) in [6, 6.07) is 0. The Hall–Kier alpha value is -1.14. The first kappa shape index (κ1) is 13.9. The molecule has 0 spiro atoms. The van der Waals surface area contributed by atoms with Gasteiger partial charge in [-0.15, -0.1) is 11.3 Å². The first-order chi connectivity index (χ1) is 8.22. The first-order valence-electron chi connectivity index (χ1n) is 5.70. The van der Waals surface area contributed by atoms with E-state index in [1.165, 1.54) is 11.3 Å². The first-order valence-corrected chi connectivity index (χ1v) is 6.58. The number of thiazole rings is 1. The molecule has 0 aliphatic heterocycles. The Kier molecular flexibility index (Phi) is 6.57. The van der Waals surface area contributed by atoms with E-state index in [2.05, 4.69) is 17.2 Å². The largest absolute Gasteiger partial charge is 0.481 e. The fourth-order valence-corrected chi connectivity index (χ4v) is 1.98. The molecule has 0 unspecified atom stereocenters. The van der Waals surface area contributed by atoms with Crippen LogP contribution in [0, 0.1) is 0 Å². The van der Waals surface area contributed by atoms with Crippen LogP contribution in [0.1, 0.15) is 25.5 Å². The van der Waals surface area contributed by atoms with E-state index in [9.17, 15) is 4.79 Å². The molecule has 0 saturated carbocycles. The smallest absolute Gasteiger partial charge is 0.309 e. The van der Waals surface area contributed by atoms with Crippen molar-refractivity contribution in [2.75, 3.05) is 25.1 Å². The molecule has 0 atom stereocenters. The Morgan fingerprint density at radius 3 is 3.12 bits per heavy atom. The van der Waals surface area contributed by atoms with Crippen molar-refractivity contribution in [1.82, 2.24) is 4.98 Å². The van der Waals surface area contributed by atoms with Gasteiger partial charge in [0.1, 0.15) is 0 Å². The Balaban J connectivity index is 2.14. The van der Waals surface area contributed by atoms with E-state index in [0.29, 0.717) is 5.69 Å². The summed E-state index contributed by atoms with van der Waals surface area (Å²) in [5.74, 6) is -0.852. The maximum atomic E-state index is 10.5. The predicted molar refractivity (Wildman–Crippen MR) is 67.7 cm³/mol. The number of aliphatic carboxylic acids is 1. The molecule has 0 amide bonds. The van der Waals surface area contributed by atoms with Crippen molar-refractivity contribution in [3.63, 3.8) is 0 Å². The molecule has 0 fully saturated rings. The third-order valence-electron chi connectivity index (χ3n) is 1.97. The quantitative estimate of drug-likeness (QED) is 0.663. The molecule has 0 aromatic carbocycles. The Morgan fingerprint density at radius 2 is 2.41 bits per heavy atom. The highest BCUT2D eigenvalue weighted by Crippen LogP contribution is 2.15. The third kappa shape index (κ3) is 6.23. The molecule has 2 N–H and O–H groups in total. The number of aromatic nitrogens is 1. The van der Waals surface area contributed by atoms with Crippen LogP contribution in [0.3, 0.4) is 0 Å². The standard InChI is InChI=1S/C11H18N2O3S/c1-2-5-16-6-3-4-12-11-13-9(8-17-11)7-10(14)15/h8H,2-7H2,1H3,(H,12,13)(H,14,15). The van der Waals surface area contributed by atoms with Crippen LogP contribution in [0.25, 0.3) is 0 Å².